The van der Waals surface area contributed by atoms with Crippen molar-refractivity contribution >= 4 is 11.6 Å². The number of nitrogens with one attached hydrogen (secondary N) is 1. The predicted octanol–water partition coefficient (Wildman–Crippen LogP) is 1.95. The first-order valence-electron chi connectivity index (χ1n) is 9.18. The molecule has 27 heavy (non-hydrogen) atoms. The number of nitrogens with zero attached hydrogens (tertiary/aromatic N) is 5. The molecule has 0 atom stereocenters. The molecule has 1 fully saturated rings. The van der Waals surface area contributed by atoms with Crippen molar-refractivity contribution < 1.29 is 9.72 Å². The van der Waals surface area contributed by atoms with Gasteiger partial charge in [-0.3, -0.25) is 14.9 Å². The van der Waals surface area contributed by atoms with Gasteiger partial charge in [-0.15, -0.1) is 5.10 Å². The summed E-state index contributed by atoms with van der Waals surface area (Å²) in [5.41, 5.74) is 1.36. The summed E-state index contributed by atoms with van der Waals surface area (Å²) in [4.78, 5) is 25.2. The first-order valence-corrected chi connectivity index (χ1v) is 9.18. The van der Waals surface area contributed by atoms with Gasteiger partial charge in [-0.25, -0.2) is 4.68 Å². The van der Waals surface area contributed by atoms with Crippen molar-refractivity contribution in [3.8, 4) is 5.69 Å². The van der Waals surface area contributed by atoms with Gasteiger partial charge in [0, 0.05) is 25.2 Å². The number of piperidine rings is 1. The lowest BCUT2D eigenvalue weighted by molar-refractivity contribution is -0.384. The fourth-order valence-corrected chi connectivity index (χ4v) is 3.35. The molecular formula is C18H24N6O3. The van der Waals surface area contributed by atoms with Gasteiger partial charge >= 0.3 is 0 Å². The zero-order chi connectivity index (χ0) is 19.4. The number of likely N-dealkylation sites (tertiary alicyclic amines) is 1. The van der Waals surface area contributed by atoms with Crippen LogP contribution in [0.1, 0.15) is 35.9 Å². The average molecular weight is 372 g/mol. The second kappa shape index (κ2) is 8.26. The van der Waals surface area contributed by atoms with Crippen molar-refractivity contribution in [3.63, 3.8) is 0 Å². The maximum absolute atomic E-state index is 12.8. The van der Waals surface area contributed by atoms with Crippen molar-refractivity contribution in [3.05, 3.63) is 45.8 Å². The number of carbonyl (C=O) groups excluding carboxylic acids is 1. The first-order chi connectivity index (χ1) is 13.0. The number of non-ortho nitro benzene ring substituents is 1. The van der Waals surface area contributed by atoms with E-state index in [2.05, 4.69) is 22.6 Å². The van der Waals surface area contributed by atoms with Gasteiger partial charge in [-0.1, -0.05) is 18.2 Å². The lowest BCUT2D eigenvalue weighted by Gasteiger charge is -2.31. The van der Waals surface area contributed by atoms with Crippen LogP contribution in [0.5, 0.6) is 0 Å². The molecule has 1 aliphatic rings. The molecule has 1 saturated heterocycles. The van der Waals surface area contributed by atoms with Crippen LogP contribution in [-0.2, 0) is 0 Å². The molecule has 9 heteroatoms. The van der Waals surface area contributed by atoms with Crippen molar-refractivity contribution in [1.29, 1.82) is 0 Å². The Morgan fingerprint density at radius 1 is 1.37 bits per heavy atom. The number of nitro benzene ring substituents is 1. The predicted molar refractivity (Wildman–Crippen MR) is 99.9 cm³/mol. The van der Waals surface area contributed by atoms with Crippen LogP contribution in [0.4, 0.5) is 5.69 Å². The van der Waals surface area contributed by atoms with Gasteiger partial charge < -0.3 is 10.2 Å². The molecule has 1 aliphatic heterocycles. The molecule has 1 aromatic heterocycles. The van der Waals surface area contributed by atoms with Gasteiger partial charge in [0.25, 0.3) is 11.6 Å². The molecule has 144 valence electrons. The highest BCUT2D eigenvalue weighted by molar-refractivity contribution is 5.93. The van der Waals surface area contributed by atoms with Crippen molar-refractivity contribution in [2.24, 2.45) is 5.92 Å². The van der Waals surface area contributed by atoms with Crippen molar-refractivity contribution in [2.75, 3.05) is 26.2 Å². The number of rotatable bonds is 6. The first kappa shape index (κ1) is 19.0. The third-order valence-electron chi connectivity index (χ3n) is 4.97. The zero-order valence-electron chi connectivity index (χ0n) is 15.6. The van der Waals surface area contributed by atoms with Crippen LogP contribution >= 0.6 is 0 Å². The summed E-state index contributed by atoms with van der Waals surface area (Å²) in [6.45, 7) is 7.20. The van der Waals surface area contributed by atoms with E-state index in [4.69, 9.17) is 0 Å². The molecular weight excluding hydrogens is 348 g/mol. The number of benzene rings is 1. The molecule has 1 N–H and O–H groups in total. The van der Waals surface area contributed by atoms with Crippen molar-refractivity contribution in [2.45, 2.75) is 26.7 Å². The summed E-state index contributed by atoms with van der Waals surface area (Å²) in [6.07, 6.45) is 1.94. The van der Waals surface area contributed by atoms with Crippen LogP contribution in [0.15, 0.2) is 24.3 Å². The lowest BCUT2D eigenvalue weighted by Crippen LogP contribution is -2.41. The van der Waals surface area contributed by atoms with E-state index in [0.29, 0.717) is 36.1 Å². The number of aromatic nitrogens is 3. The smallest absolute Gasteiger partial charge is 0.276 e. The number of nitro groups is 1. The number of carbonyl (C=O) groups is 1. The van der Waals surface area contributed by atoms with E-state index in [1.165, 1.54) is 16.8 Å². The Bertz CT molecular complexity index is 826. The molecule has 1 aromatic carbocycles. The molecule has 0 saturated carbocycles. The molecule has 0 spiro atoms. The van der Waals surface area contributed by atoms with Gasteiger partial charge in [-0.2, -0.15) is 0 Å². The standard InChI is InChI=1S/C18H24N6O3/c1-3-19-12-14-7-9-22(10-8-14)18(25)17-13(2)23(21-20-17)15-5-4-6-16(11-15)24(26)27/h4-6,11,14,19H,3,7-10,12H2,1-2H3. The Labute approximate surface area is 157 Å². The largest absolute Gasteiger partial charge is 0.337 e. The lowest BCUT2D eigenvalue weighted by atomic mass is 9.96. The molecule has 0 radical (unpaired) electrons. The van der Waals surface area contributed by atoms with Crippen LogP contribution < -0.4 is 5.32 Å². The number of amides is 1. The molecule has 0 aliphatic carbocycles. The minimum atomic E-state index is -0.459. The highest BCUT2D eigenvalue weighted by Crippen LogP contribution is 2.21. The Balaban J connectivity index is 1.73. The summed E-state index contributed by atoms with van der Waals surface area (Å²) < 4.78 is 1.47. The number of hydrogen-bond donors (Lipinski definition) is 1. The summed E-state index contributed by atoms with van der Waals surface area (Å²) in [7, 11) is 0. The monoisotopic (exact) mass is 372 g/mol. The molecule has 3 rings (SSSR count). The van der Waals surface area contributed by atoms with E-state index >= 15 is 0 Å². The van der Waals surface area contributed by atoms with Gasteiger partial charge in [0.05, 0.1) is 16.3 Å². The minimum Gasteiger partial charge on any atom is -0.337 e. The van der Waals surface area contributed by atoms with E-state index in [1.807, 2.05) is 4.90 Å². The van der Waals surface area contributed by atoms with Crippen molar-refractivity contribution in [1.82, 2.24) is 25.2 Å². The van der Waals surface area contributed by atoms with Crippen LogP contribution in [0.2, 0.25) is 0 Å². The normalized spacial score (nSPS) is 15.1. The summed E-state index contributed by atoms with van der Waals surface area (Å²) in [5, 5.41) is 22.4. The topological polar surface area (TPSA) is 106 Å². The van der Waals surface area contributed by atoms with E-state index in [-0.39, 0.29) is 11.6 Å². The molecule has 1 amide bonds. The van der Waals surface area contributed by atoms with Gasteiger partial charge in [0.2, 0.25) is 0 Å². The highest BCUT2D eigenvalue weighted by atomic mass is 16.6. The highest BCUT2D eigenvalue weighted by Gasteiger charge is 2.27. The molecule has 2 heterocycles. The second-order valence-electron chi connectivity index (χ2n) is 6.76. The quantitative estimate of drug-likeness (QED) is 0.613. The Morgan fingerprint density at radius 3 is 2.78 bits per heavy atom. The summed E-state index contributed by atoms with van der Waals surface area (Å²) in [6, 6.07) is 6.13. The maximum atomic E-state index is 12.8. The summed E-state index contributed by atoms with van der Waals surface area (Å²) >= 11 is 0. The fraction of sp³-hybridized carbons (Fsp3) is 0.500. The number of hydrogen-bond acceptors (Lipinski definition) is 6. The van der Waals surface area contributed by atoms with Gasteiger partial charge in [0.15, 0.2) is 5.69 Å². The maximum Gasteiger partial charge on any atom is 0.276 e. The minimum absolute atomic E-state index is 0.0296. The molecule has 0 unspecified atom stereocenters. The van der Waals surface area contributed by atoms with Crippen LogP contribution in [-0.4, -0.2) is 56.9 Å². The van der Waals surface area contributed by atoms with E-state index in [1.54, 1.807) is 19.1 Å². The summed E-state index contributed by atoms with van der Waals surface area (Å²) in [5.74, 6) is 0.460. The fourth-order valence-electron chi connectivity index (χ4n) is 3.35. The Morgan fingerprint density at radius 2 is 2.11 bits per heavy atom. The molecule has 9 nitrogen and oxygen atoms in total. The molecule has 0 bridgehead atoms. The van der Waals surface area contributed by atoms with Crippen LogP contribution in [0.3, 0.4) is 0 Å². The second-order valence-corrected chi connectivity index (χ2v) is 6.76. The van der Waals surface area contributed by atoms with E-state index in [9.17, 15) is 14.9 Å². The SMILES string of the molecule is CCNCC1CCN(C(=O)c2nnn(-c3cccc([N+](=O)[O-])c3)c2C)CC1. The molecule has 2 aromatic rings. The van der Waals surface area contributed by atoms with Crippen LogP contribution in [0.25, 0.3) is 5.69 Å². The average Bonchev–Trinajstić information content (AvgIpc) is 3.07. The zero-order valence-corrected chi connectivity index (χ0v) is 15.6. The van der Waals surface area contributed by atoms with E-state index in [0.717, 1.165) is 25.9 Å². The third kappa shape index (κ3) is 4.13. The van der Waals surface area contributed by atoms with Crippen LogP contribution in [0, 0.1) is 23.0 Å². The van der Waals surface area contributed by atoms with Gasteiger partial charge in [-0.05, 0) is 44.8 Å². The Kier molecular flexibility index (Phi) is 5.80. The third-order valence-corrected chi connectivity index (χ3v) is 4.97. The Hall–Kier alpha value is -2.81. The van der Waals surface area contributed by atoms with Gasteiger partial charge in [0.1, 0.15) is 0 Å². The van der Waals surface area contributed by atoms with E-state index < -0.39 is 4.92 Å².